The predicted molar refractivity (Wildman–Crippen MR) is 98.4 cm³/mol. The molecule has 0 N–H and O–H groups in total. The second-order valence-electron chi connectivity index (χ2n) is 6.20. The first kappa shape index (κ1) is 14.7. The number of hydrogen-bond donors (Lipinski definition) is 0. The Morgan fingerprint density at radius 3 is 2.46 bits per heavy atom. The zero-order valence-corrected chi connectivity index (χ0v) is 13.4. The van der Waals surface area contributed by atoms with Crippen LogP contribution in [0.1, 0.15) is 23.2 Å². The van der Waals surface area contributed by atoms with Gasteiger partial charge < -0.3 is 4.90 Å². The quantitative estimate of drug-likeness (QED) is 0.702. The van der Waals surface area contributed by atoms with E-state index in [9.17, 15) is 4.79 Å². The summed E-state index contributed by atoms with van der Waals surface area (Å²) in [6, 6.07) is 18.1. The molecule has 2 nitrogen and oxygen atoms in total. The second-order valence-corrected chi connectivity index (χ2v) is 6.20. The molecule has 0 spiro atoms. The number of benzene rings is 2. The zero-order valence-electron chi connectivity index (χ0n) is 13.4. The maximum absolute atomic E-state index is 10.9. The zero-order chi connectivity index (χ0) is 16.4. The van der Waals surface area contributed by atoms with Crippen LogP contribution < -0.4 is 4.90 Å². The average molecular weight is 313 g/mol. The molecule has 0 bridgehead atoms. The fourth-order valence-electron chi connectivity index (χ4n) is 3.42. The van der Waals surface area contributed by atoms with Crippen molar-refractivity contribution in [2.24, 2.45) is 5.92 Å². The average Bonchev–Trinajstić information content (AvgIpc) is 3.11. The fraction of sp³-hybridized carbons (Fsp3) is 0.136. The highest BCUT2D eigenvalue weighted by molar-refractivity contribution is 5.78. The van der Waals surface area contributed by atoms with Gasteiger partial charge in [0.05, 0.1) is 0 Å². The van der Waals surface area contributed by atoms with E-state index in [2.05, 4.69) is 41.3 Å². The Labute approximate surface area is 142 Å². The van der Waals surface area contributed by atoms with Crippen LogP contribution in [-0.4, -0.2) is 6.29 Å². The molecule has 0 saturated heterocycles. The highest BCUT2D eigenvalue weighted by atomic mass is 16.1. The summed E-state index contributed by atoms with van der Waals surface area (Å²) in [4.78, 5) is 13.2. The molecule has 2 aliphatic carbocycles. The lowest BCUT2D eigenvalue weighted by molar-refractivity contribution is 0.112. The molecule has 0 fully saturated rings. The molecule has 1 atom stereocenters. The van der Waals surface area contributed by atoms with Crippen molar-refractivity contribution in [3.05, 3.63) is 95.7 Å². The summed E-state index contributed by atoms with van der Waals surface area (Å²) in [6.45, 7) is 0. The molecule has 118 valence electrons. The number of rotatable bonds is 4. The second kappa shape index (κ2) is 6.32. The third-order valence-electron chi connectivity index (χ3n) is 4.66. The highest BCUT2D eigenvalue weighted by Gasteiger charge is 2.22. The van der Waals surface area contributed by atoms with Crippen LogP contribution in [0.5, 0.6) is 0 Å². The molecule has 0 saturated carbocycles. The largest absolute Gasteiger partial charge is 0.311 e. The van der Waals surface area contributed by atoms with Crippen molar-refractivity contribution in [1.29, 1.82) is 0 Å². The minimum absolute atomic E-state index is 0.573. The molecule has 24 heavy (non-hydrogen) atoms. The van der Waals surface area contributed by atoms with Crippen LogP contribution in [0.2, 0.25) is 0 Å². The van der Waals surface area contributed by atoms with E-state index in [1.54, 1.807) is 0 Å². The normalized spacial score (nSPS) is 18.6. The third-order valence-corrected chi connectivity index (χ3v) is 4.66. The van der Waals surface area contributed by atoms with Gasteiger partial charge in [-0.15, -0.1) is 0 Å². The number of anilines is 2. The van der Waals surface area contributed by atoms with E-state index in [1.807, 2.05) is 42.5 Å². The van der Waals surface area contributed by atoms with Crippen LogP contribution in [0.15, 0.2) is 90.2 Å². The summed E-state index contributed by atoms with van der Waals surface area (Å²) < 4.78 is 0. The molecule has 0 radical (unpaired) electrons. The summed E-state index contributed by atoms with van der Waals surface area (Å²) in [6.07, 6.45) is 12.4. The van der Waals surface area contributed by atoms with Gasteiger partial charge in [0.1, 0.15) is 6.29 Å². The summed E-state index contributed by atoms with van der Waals surface area (Å²) in [7, 11) is 0. The van der Waals surface area contributed by atoms with E-state index in [4.69, 9.17) is 0 Å². The molecule has 2 aromatic carbocycles. The maximum Gasteiger partial charge on any atom is 0.150 e. The Kier molecular flexibility index (Phi) is 3.87. The lowest BCUT2D eigenvalue weighted by Crippen LogP contribution is -2.17. The monoisotopic (exact) mass is 313 g/mol. The van der Waals surface area contributed by atoms with Crippen molar-refractivity contribution in [3.8, 4) is 0 Å². The van der Waals surface area contributed by atoms with Gasteiger partial charge in [-0.2, -0.15) is 0 Å². The molecule has 0 heterocycles. The predicted octanol–water partition coefficient (Wildman–Crippen LogP) is 5.43. The number of carbonyl (C=O) groups excluding carboxylic acids is 1. The topological polar surface area (TPSA) is 20.3 Å². The van der Waals surface area contributed by atoms with Gasteiger partial charge >= 0.3 is 0 Å². The Morgan fingerprint density at radius 1 is 0.958 bits per heavy atom. The number of nitrogens with zero attached hydrogens (tertiary/aromatic N) is 1. The van der Waals surface area contributed by atoms with E-state index >= 15 is 0 Å². The van der Waals surface area contributed by atoms with E-state index < -0.39 is 0 Å². The van der Waals surface area contributed by atoms with E-state index in [1.165, 1.54) is 12.0 Å². The van der Waals surface area contributed by atoms with Crippen molar-refractivity contribution < 1.29 is 4.79 Å². The van der Waals surface area contributed by atoms with Gasteiger partial charge in [0.25, 0.3) is 0 Å². The third kappa shape index (κ3) is 2.71. The molecular weight excluding hydrogens is 294 g/mol. The van der Waals surface area contributed by atoms with Crippen molar-refractivity contribution >= 4 is 17.7 Å². The Hall–Kier alpha value is -2.87. The van der Waals surface area contributed by atoms with Crippen LogP contribution >= 0.6 is 0 Å². The van der Waals surface area contributed by atoms with E-state index in [-0.39, 0.29) is 0 Å². The molecule has 2 aromatic rings. The lowest BCUT2D eigenvalue weighted by atomic mass is 9.95. The molecule has 4 rings (SSSR count). The minimum Gasteiger partial charge on any atom is -0.311 e. The summed E-state index contributed by atoms with van der Waals surface area (Å²) in [5, 5.41) is 0. The first-order valence-electron chi connectivity index (χ1n) is 8.35. The maximum atomic E-state index is 10.9. The summed E-state index contributed by atoms with van der Waals surface area (Å²) in [5.41, 5.74) is 5.44. The Bertz CT molecular complexity index is 828. The molecule has 0 amide bonds. The molecule has 0 aliphatic heterocycles. The number of hydrogen-bond acceptors (Lipinski definition) is 2. The highest BCUT2D eigenvalue weighted by Crippen LogP contribution is 2.37. The van der Waals surface area contributed by atoms with Crippen molar-refractivity contribution in [2.75, 3.05) is 4.90 Å². The number of carbonyl (C=O) groups is 1. The number of para-hydroxylation sites is 1. The molecule has 2 aliphatic rings. The van der Waals surface area contributed by atoms with Crippen LogP contribution in [0.25, 0.3) is 0 Å². The first-order valence-corrected chi connectivity index (χ1v) is 8.35. The Balaban J connectivity index is 1.79. The van der Waals surface area contributed by atoms with Gasteiger partial charge in [0, 0.05) is 28.6 Å². The molecule has 0 aromatic heterocycles. The van der Waals surface area contributed by atoms with Gasteiger partial charge in [-0.3, -0.25) is 4.79 Å². The SMILES string of the molecule is O=Cc1ccc(N(C2=CC3=CCCC3C=C2)c2ccccc2)cc1. The number of allylic oxidation sites excluding steroid dienone is 5. The van der Waals surface area contributed by atoms with Crippen molar-refractivity contribution in [1.82, 2.24) is 0 Å². The first-order chi connectivity index (χ1) is 11.8. The summed E-state index contributed by atoms with van der Waals surface area (Å²) >= 11 is 0. The van der Waals surface area contributed by atoms with Crippen LogP contribution in [0.4, 0.5) is 11.4 Å². The van der Waals surface area contributed by atoms with Gasteiger partial charge in [-0.05, 0) is 67.0 Å². The van der Waals surface area contributed by atoms with Gasteiger partial charge in [0.15, 0.2) is 0 Å². The number of fused-ring (bicyclic) bond motifs is 1. The fourth-order valence-corrected chi connectivity index (χ4v) is 3.42. The Morgan fingerprint density at radius 2 is 1.71 bits per heavy atom. The van der Waals surface area contributed by atoms with Crippen molar-refractivity contribution in [2.45, 2.75) is 12.8 Å². The molecular formula is C22H19NO. The van der Waals surface area contributed by atoms with Crippen LogP contribution in [0.3, 0.4) is 0 Å². The van der Waals surface area contributed by atoms with Gasteiger partial charge in [-0.25, -0.2) is 0 Å². The minimum atomic E-state index is 0.573. The number of aldehydes is 1. The van der Waals surface area contributed by atoms with Gasteiger partial charge in [0.2, 0.25) is 0 Å². The van der Waals surface area contributed by atoms with Crippen molar-refractivity contribution in [3.63, 3.8) is 0 Å². The standard InChI is InChI=1S/C22H19NO/c24-16-17-9-12-21(13-10-17)23(20-7-2-1-3-8-20)22-14-11-18-5-4-6-19(18)15-22/h1-3,6-16,18H,4-5H2. The smallest absolute Gasteiger partial charge is 0.150 e. The molecule has 2 heteroatoms. The van der Waals surface area contributed by atoms with E-state index in [0.717, 1.165) is 29.8 Å². The summed E-state index contributed by atoms with van der Waals surface area (Å²) in [5.74, 6) is 0.573. The molecule has 1 unspecified atom stereocenters. The van der Waals surface area contributed by atoms with Crippen LogP contribution in [0, 0.1) is 5.92 Å². The van der Waals surface area contributed by atoms with Gasteiger partial charge in [-0.1, -0.05) is 30.4 Å². The van der Waals surface area contributed by atoms with E-state index in [0.29, 0.717) is 11.5 Å². The van der Waals surface area contributed by atoms with Crippen LogP contribution in [-0.2, 0) is 0 Å². The lowest BCUT2D eigenvalue weighted by Gasteiger charge is -2.29.